The first-order valence-corrected chi connectivity index (χ1v) is 8.42. The number of hydrogen-bond acceptors (Lipinski definition) is 6. The molecule has 0 spiro atoms. The number of carbonyl (C=O) groups is 1. The lowest BCUT2D eigenvalue weighted by Crippen LogP contribution is -2.29. The molecule has 1 saturated carbocycles. The van der Waals surface area contributed by atoms with E-state index >= 15 is 0 Å². The molecule has 8 heteroatoms. The molecule has 1 aliphatic heterocycles. The molecule has 2 fully saturated rings. The van der Waals surface area contributed by atoms with Crippen LogP contribution in [0.2, 0.25) is 0 Å². The van der Waals surface area contributed by atoms with Crippen molar-refractivity contribution in [2.24, 2.45) is 0 Å². The van der Waals surface area contributed by atoms with Crippen LogP contribution in [0.5, 0.6) is 0 Å². The van der Waals surface area contributed by atoms with Gasteiger partial charge in [0.1, 0.15) is 12.9 Å². The van der Waals surface area contributed by atoms with Crippen molar-refractivity contribution in [2.75, 3.05) is 18.1 Å². The van der Waals surface area contributed by atoms with E-state index in [4.69, 9.17) is 0 Å². The Morgan fingerprint density at radius 3 is 2.76 bits per heavy atom. The average molecular weight is 335 g/mol. The van der Waals surface area contributed by atoms with Gasteiger partial charge in [-0.3, -0.25) is 4.79 Å². The van der Waals surface area contributed by atoms with Crippen LogP contribution in [0.15, 0.2) is 36.7 Å². The zero-order chi connectivity index (χ0) is 16.8. The largest absolute Gasteiger partial charge is 0.327 e. The third-order valence-corrected chi connectivity index (χ3v) is 4.71. The van der Waals surface area contributed by atoms with Gasteiger partial charge in [0.05, 0.1) is 13.2 Å². The van der Waals surface area contributed by atoms with Gasteiger partial charge in [0.25, 0.3) is 0 Å². The lowest BCUT2D eigenvalue weighted by atomic mass is 10.2. The summed E-state index contributed by atoms with van der Waals surface area (Å²) in [5.74, 6) is 0.840. The SMILES string of the molecule is O=C1CN(c2ncnc3c2nnn3Cc2ccccc2)CN1C1CC1. The summed E-state index contributed by atoms with van der Waals surface area (Å²) in [4.78, 5) is 24.9. The highest BCUT2D eigenvalue weighted by Crippen LogP contribution is 2.31. The highest BCUT2D eigenvalue weighted by Gasteiger charge is 2.39. The Morgan fingerprint density at radius 1 is 1.12 bits per heavy atom. The average Bonchev–Trinajstić information content (AvgIpc) is 3.29. The lowest BCUT2D eigenvalue weighted by molar-refractivity contribution is -0.127. The van der Waals surface area contributed by atoms with Crippen molar-refractivity contribution in [3.63, 3.8) is 0 Å². The molecule has 1 saturated heterocycles. The van der Waals surface area contributed by atoms with Gasteiger partial charge >= 0.3 is 0 Å². The molecule has 0 unspecified atom stereocenters. The molecule has 0 N–H and O–H groups in total. The Kier molecular flexibility index (Phi) is 3.16. The van der Waals surface area contributed by atoms with E-state index in [2.05, 4.69) is 20.3 Å². The van der Waals surface area contributed by atoms with Gasteiger partial charge < -0.3 is 9.80 Å². The lowest BCUT2D eigenvalue weighted by Gasteiger charge is -2.18. The van der Waals surface area contributed by atoms with E-state index in [-0.39, 0.29) is 5.91 Å². The zero-order valence-electron chi connectivity index (χ0n) is 13.6. The van der Waals surface area contributed by atoms with Gasteiger partial charge in [-0.05, 0) is 18.4 Å². The quantitative estimate of drug-likeness (QED) is 0.709. The molecule has 126 valence electrons. The molecule has 8 nitrogen and oxygen atoms in total. The number of carbonyl (C=O) groups excluding carboxylic acids is 1. The molecule has 2 aromatic heterocycles. The Balaban J connectivity index is 1.47. The molecule has 3 aromatic rings. The van der Waals surface area contributed by atoms with Gasteiger partial charge in [0.15, 0.2) is 17.0 Å². The van der Waals surface area contributed by atoms with Gasteiger partial charge in [0.2, 0.25) is 5.91 Å². The number of anilines is 1. The number of aromatic nitrogens is 5. The monoisotopic (exact) mass is 335 g/mol. The van der Waals surface area contributed by atoms with Crippen LogP contribution < -0.4 is 4.90 Å². The normalized spacial score (nSPS) is 17.7. The second-order valence-corrected chi connectivity index (χ2v) is 6.54. The summed E-state index contributed by atoms with van der Waals surface area (Å²) < 4.78 is 1.77. The van der Waals surface area contributed by atoms with Crippen molar-refractivity contribution in [2.45, 2.75) is 25.4 Å². The van der Waals surface area contributed by atoms with Crippen molar-refractivity contribution in [3.05, 3.63) is 42.2 Å². The van der Waals surface area contributed by atoms with Crippen LogP contribution in [0.4, 0.5) is 5.82 Å². The molecular formula is C17H17N7O. The summed E-state index contributed by atoms with van der Waals surface area (Å²) in [6, 6.07) is 10.5. The minimum Gasteiger partial charge on any atom is -0.327 e. The molecular weight excluding hydrogens is 318 g/mol. The maximum absolute atomic E-state index is 12.2. The van der Waals surface area contributed by atoms with Crippen molar-refractivity contribution in [3.8, 4) is 0 Å². The molecule has 5 rings (SSSR count). The number of benzene rings is 1. The standard InChI is InChI=1S/C17H17N7O/c25-14-9-22(11-23(14)13-6-7-13)16-15-17(19-10-18-16)24(21-20-15)8-12-4-2-1-3-5-12/h1-5,10,13H,6-9,11H2. The van der Waals surface area contributed by atoms with E-state index in [1.807, 2.05) is 40.1 Å². The summed E-state index contributed by atoms with van der Waals surface area (Å²) in [5.41, 5.74) is 2.46. The van der Waals surface area contributed by atoms with Gasteiger partial charge in [-0.25, -0.2) is 14.6 Å². The Bertz CT molecular complexity index is 935. The first kappa shape index (κ1) is 14.3. The van der Waals surface area contributed by atoms with Crippen molar-refractivity contribution >= 4 is 22.9 Å². The van der Waals surface area contributed by atoms with Crippen LogP contribution in [-0.2, 0) is 11.3 Å². The van der Waals surface area contributed by atoms with E-state index in [1.165, 1.54) is 6.33 Å². The van der Waals surface area contributed by atoms with Crippen LogP contribution in [0.1, 0.15) is 18.4 Å². The predicted molar refractivity (Wildman–Crippen MR) is 90.7 cm³/mol. The summed E-state index contributed by atoms with van der Waals surface area (Å²) in [6.45, 7) is 1.51. The van der Waals surface area contributed by atoms with E-state index in [9.17, 15) is 4.79 Å². The van der Waals surface area contributed by atoms with Gasteiger partial charge in [0, 0.05) is 6.04 Å². The molecule has 0 atom stereocenters. The third kappa shape index (κ3) is 2.50. The van der Waals surface area contributed by atoms with Gasteiger partial charge in [-0.1, -0.05) is 35.5 Å². The maximum atomic E-state index is 12.2. The Hall–Kier alpha value is -3.03. The van der Waals surface area contributed by atoms with Crippen molar-refractivity contribution in [1.29, 1.82) is 0 Å². The number of fused-ring (bicyclic) bond motifs is 1. The summed E-state index contributed by atoms with van der Waals surface area (Å²) >= 11 is 0. The number of amides is 1. The number of nitrogens with zero attached hydrogens (tertiary/aromatic N) is 7. The number of hydrogen-bond donors (Lipinski definition) is 0. The first-order chi connectivity index (χ1) is 12.3. The van der Waals surface area contributed by atoms with Crippen LogP contribution >= 0.6 is 0 Å². The molecule has 0 radical (unpaired) electrons. The van der Waals surface area contributed by atoms with Crippen molar-refractivity contribution < 1.29 is 4.79 Å². The fourth-order valence-electron chi connectivity index (χ4n) is 3.29. The molecule has 1 amide bonds. The highest BCUT2D eigenvalue weighted by atomic mass is 16.2. The van der Waals surface area contributed by atoms with Crippen LogP contribution in [0.3, 0.4) is 0 Å². The molecule has 25 heavy (non-hydrogen) atoms. The molecule has 2 aliphatic rings. The van der Waals surface area contributed by atoms with E-state index in [0.29, 0.717) is 42.8 Å². The van der Waals surface area contributed by atoms with Crippen LogP contribution in [0, 0.1) is 0 Å². The summed E-state index contributed by atoms with van der Waals surface area (Å²) in [6.07, 6.45) is 3.73. The minimum absolute atomic E-state index is 0.158. The highest BCUT2D eigenvalue weighted by molar-refractivity contribution is 5.90. The predicted octanol–water partition coefficient (Wildman–Crippen LogP) is 1.04. The minimum atomic E-state index is 0.158. The van der Waals surface area contributed by atoms with Crippen molar-refractivity contribution in [1.82, 2.24) is 29.9 Å². The second-order valence-electron chi connectivity index (χ2n) is 6.54. The van der Waals surface area contributed by atoms with Crippen LogP contribution in [-0.4, -0.2) is 55.0 Å². The van der Waals surface area contributed by atoms with E-state index in [1.54, 1.807) is 4.68 Å². The Labute approximate surface area is 144 Å². The fraction of sp³-hybridized carbons (Fsp3) is 0.353. The van der Waals surface area contributed by atoms with Gasteiger partial charge in [-0.15, -0.1) is 5.10 Å². The molecule has 1 aliphatic carbocycles. The Morgan fingerprint density at radius 2 is 1.96 bits per heavy atom. The number of rotatable bonds is 4. The van der Waals surface area contributed by atoms with E-state index in [0.717, 1.165) is 18.4 Å². The first-order valence-electron chi connectivity index (χ1n) is 8.42. The summed E-state index contributed by atoms with van der Waals surface area (Å²) in [5, 5.41) is 8.53. The zero-order valence-corrected chi connectivity index (χ0v) is 13.6. The molecule has 1 aromatic carbocycles. The van der Waals surface area contributed by atoms with Gasteiger partial charge in [-0.2, -0.15) is 0 Å². The maximum Gasteiger partial charge on any atom is 0.243 e. The van der Waals surface area contributed by atoms with E-state index < -0.39 is 0 Å². The third-order valence-electron chi connectivity index (χ3n) is 4.71. The van der Waals surface area contributed by atoms with Crippen LogP contribution in [0.25, 0.3) is 11.2 Å². The topological polar surface area (TPSA) is 80.0 Å². The molecule has 0 bridgehead atoms. The smallest absolute Gasteiger partial charge is 0.243 e. The second kappa shape index (κ2) is 5.51. The molecule has 3 heterocycles. The fourth-order valence-corrected chi connectivity index (χ4v) is 3.29. The summed E-state index contributed by atoms with van der Waals surface area (Å²) in [7, 11) is 0.